The zero-order valence-corrected chi connectivity index (χ0v) is 14.2. The summed E-state index contributed by atoms with van der Waals surface area (Å²) in [4.78, 5) is 4.06. The molecule has 5 heteroatoms. The molecule has 1 aromatic carbocycles. The van der Waals surface area contributed by atoms with E-state index in [2.05, 4.69) is 27.8 Å². The Bertz CT molecular complexity index is 365. The molecule has 4 nitrogen and oxygen atoms in total. The number of nitrogens with zero attached hydrogens (tertiary/aromatic N) is 1. The van der Waals surface area contributed by atoms with Crippen molar-refractivity contribution in [3.8, 4) is 5.75 Å². The van der Waals surface area contributed by atoms with E-state index in [4.69, 9.17) is 4.74 Å². The van der Waals surface area contributed by atoms with Crippen LogP contribution in [0.2, 0.25) is 0 Å². The highest BCUT2D eigenvalue weighted by Crippen LogP contribution is 2.12. The van der Waals surface area contributed by atoms with Gasteiger partial charge in [-0.15, -0.1) is 24.0 Å². The maximum atomic E-state index is 5.13. The van der Waals surface area contributed by atoms with Crippen LogP contribution in [0.15, 0.2) is 29.3 Å². The van der Waals surface area contributed by atoms with E-state index in [9.17, 15) is 0 Å². The molecule has 0 aliphatic heterocycles. The Kier molecular flexibility index (Phi) is 10.3. The third kappa shape index (κ3) is 7.25. The number of rotatable bonds is 6. The first-order chi connectivity index (χ1) is 8.80. The van der Waals surface area contributed by atoms with Gasteiger partial charge in [0.05, 0.1) is 7.11 Å². The van der Waals surface area contributed by atoms with Crippen LogP contribution >= 0.6 is 24.0 Å². The molecule has 0 aromatic heterocycles. The summed E-state index contributed by atoms with van der Waals surface area (Å²) in [5.41, 5.74) is 1.36. The normalized spacial score (nSPS) is 10.6. The number of nitrogens with one attached hydrogen (secondary N) is 2. The molecule has 0 unspecified atom stereocenters. The van der Waals surface area contributed by atoms with Gasteiger partial charge in [0.2, 0.25) is 0 Å². The summed E-state index contributed by atoms with van der Waals surface area (Å²) < 4.78 is 5.13. The predicted molar refractivity (Wildman–Crippen MR) is 91.8 cm³/mol. The molecule has 0 radical (unpaired) electrons. The predicted octanol–water partition coefficient (Wildman–Crippen LogP) is 2.43. The van der Waals surface area contributed by atoms with Gasteiger partial charge in [-0.1, -0.05) is 12.1 Å². The summed E-state index contributed by atoms with van der Waals surface area (Å²) in [5.74, 6) is 1.76. The average Bonchev–Trinajstić information content (AvgIpc) is 2.43. The fourth-order valence-electron chi connectivity index (χ4n) is 1.73. The van der Waals surface area contributed by atoms with Gasteiger partial charge in [0.25, 0.3) is 0 Å². The van der Waals surface area contributed by atoms with Gasteiger partial charge in [0.15, 0.2) is 5.96 Å². The molecular weight excluding hydrogens is 353 g/mol. The summed E-state index contributed by atoms with van der Waals surface area (Å²) >= 11 is 0. The number of methoxy groups -OCH3 is 1. The molecule has 1 aromatic rings. The molecule has 0 aliphatic rings. The first-order valence-corrected chi connectivity index (χ1v) is 6.31. The van der Waals surface area contributed by atoms with E-state index in [-0.39, 0.29) is 24.0 Å². The minimum absolute atomic E-state index is 0. The lowest BCUT2D eigenvalue weighted by Gasteiger charge is -2.08. The van der Waals surface area contributed by atoms with Crippen LogP contribution in [0.3, 0.4) is 0 Å². The maximum Gasteiger partial charge on any atom is 0.190 e. The van der Waals surface area contributed by atoms with Gasteiger partial charge in [0.1, 0.15) is 5.75 Å². The number of aliphatic imine (C=N–C) groups is 1. The number of unbranched alkanes of at least 4 members (excludes halogenated alkanes) is 1. The summed E-state index contributed by atoms with van der Waals surface area (Å²) in [6.07, 6.45) is 3.40. The quantitative estimate of drug-likeness (QED) is 0.347. The van der Waals surface area contributed by atoms with Crippen molar-refractivity contribution in [2.75, 3.05) is 27.7 Å². The minimum atomic E-state index is 0. The van der Waals surface area contributed by atoms with E-state index < -0.39 is 0 Å². The monoisotopic (exact) mass is 377 g/mol. The second-order valence-corrected chi connectivity index (χ2v) is 4.05. The number of hydrogen-bond donors (Lipinski definition) is 2. The van der Waals surface area contributed by atoms with E-state index in [1.165, 1.54) is 12.0 Å². The average molecular weight is 377 g/mol. The molecule has 0 bridgehead atoms. The Morgan fingerprint density at radius 2 is 1.89 bits per heavy atom. The van der Waals surface area contributed by atoms with Crippen molar-refractivity contribution < 1.29 is 4.74 Å². The molecule has 108 valence electrons. The molecule has 2 N–H and O–H groups in total. The van der Waals surface area contributed by atoms with Gasteiger partial charge in [0, 0.05) is 20.6 Å². The zero-order chi connectivity index (χ0) is 13.2. The van der Waals surface area contributed by atoms with Crippen molar-refractivity contribution in [3.63, 3.8) is 0 Å². The van der Waals surface area contributed by atoms with Crippen molar-refractivity contribution in [2.24, 2.45) is 4.99 Å². The first-order valence-electron chi connectivity index (χ1n) is 6.31. The van der Waals surface area contributed by atoms with Crippen LogP contribution in [0.25, 0.3) is 0 Å². The lowest BCUT2D eigenvalue weighted by Crippen LogP contribution is -2.35. The second-order valence-electron chi connectivity index (χ2n) is 4.05. The summed E-state index contributed by atoms with van der Waals surface area (Å²) in [7, 11) is 5.33. The number of halogens is 1. The molecule has 0 saturated heterocycles. The fraction of sp³-hybridized carbons (Fsp3) is 0.500. The number of guanidine groups is 1. The molecule has 0 saturated carbocycles. The Hall–Kier alpha value is -0.980. The number of benzene rings is 1. The molecule has 19 heavy (non-hydrogen) atoms. The second kappa shape index (κ2) is 10.9. The number of hydrogen-bond acceptors (Lipinski definition) is 2. The summed E-state index contributed by atoms with van der Waals surface area (Å²) in [6, 6.07) is 8.27. The maximum absolute atomic E-state index is 5.13. The van der Waals surface area contributed by atoms with E-state index in [0.29, 0.717) is 0 Å². The van der Waals surface area contributed by atoms with Crippen LogP contribution in [-0.4, -0.2) is 33.7 Å². The van der Waals surface area contributed by atoms with Crippen LogP contribution in [0.4, 0.5) is 0 Å². The van der Waals surface area contributed by atoms with Crippen LogP contribution in [-0.2, 0) is 6.42 Å². The van der Waals surface area contributed by atoms with Gasteiger partial charge in [-0.25, -0.2) is 0 Å². The van der Waals surface area contributed by atoms with Crippen LogP contribution < -0.4 is 15.4 Å². The molecule has 0 atom stereocenters. The van der Waals surface area contributed by atoms with Gasteiger partial charge in [-0.3, -0.25) is 4.99 Å². The topological polar surface area (TPSA) is 45.7 Å². The highest BCUT2D eigenvalue weighted by molar-refractivity contribution is 14.0. The number of ether oxygens (including phenoxy) is 1. The summed E-state index contributed by atoms with van der Waals surface area (Å²) in [5, 5.41) is 6.24. The van der Waals surface area contributed by atoms with Crippen molar-refractivity contribution in [1.29, 1.82) is 0 Å². The van der Waals surface area contributed by atoms with E-state index in [1.54, 1.807) is 14.2 Å². The van der Waals surface area contributed by atoms with Gasteiger partial charge >= 0.3 is 0 Å². The Labute approximate surface area is 133 Å². The standard InChI is InChI=1S/C14H23N3O.HI/c1-15-14(16-2)17-11-5-4-6-12-7-9-13(18-3)10-8-12;/h7-10H,4-6,11H2,1-3H3,(H2,15,16,17);1H. The molecule has 0 heterocycles. The number of aryl methyl sites for hydroxylation is 1. The van der Waals surface area contributed by atoms with E-state index >= 15 is 0 Å². The Balaban J connectivity index is 0.00000324. The third-order valence-corrected chi connectivity index (χ3v) is 2.80. The van der Waals surface area contributed by atoms with Crippen LogP contribution in [0.5, 0.6) is 5.75 Å². The highest BCUT2D eigenvalue weighted by Gasteiger charge is 1.96. The van der Waals surface area contributed by atoms with E-state index in [0.717, 1.165) is 31.1 Å². The lowest BCUT2D eigenvalue weighted by atomic mass is 10.1. The Morgan fingerprint density at radius 1 is 1.21 bits per heavy atom. The zero-order valence-electron chi connectivity index (χ0n) is 11.9. The van der Waals surface area contributed by atoms with Gasteiger partial charge in [-0.05, 0) is 37.0 Å². The van der Waals surface area contributed by atoms with Crippen LogP contribution in [0.1, 0.15) is 18.4 Å². The largest absolute Gasteiger partial charge is 0.497 e. The van der Waals surface area contributed by atoms with E-state index in [1.807, 2.05) is 19.2 Å². The Morgan fingerprint density at radius 3 is 2.42 bits per heavy atom. The van der Waals surface area contributed by atoms with Crippen molar-refractivity contribution >= 4 is 29.9 Å². The lowest BCUT2D eigenvalue weighted by molar-refractivity contribution is 0.414. The molecule has 0 spiro atoms. The van der Waals surface area contributed by atoms with Crippen LogP contribution in [0, 0.1) is 0 Å². The highest BCUT2D eigenvalue weighted by atomic mass is 127. The fourth-order valence-corrected chi connectivity index (χ4v) is 1.73. The van der Waals surface area contributed by atoms with Gasteiger partial charge < -0.3 is 15.4 Å². The SMILES string of the molecule is CN=C(NC)NCCCCc1ccc(OC)cc1.I. The van der Waals surface area contributed by atoms with Crippen molar-refractivity contribution in [1.82, 2.24) is 10.6 Å². The molecular formula is C14H24IN3O. The smallest absolute Gasteiger partial charge is 0.190 e. The molecule has 0 aliphatic carbocycles. The minimum Gasteiger partial charge on any atom is -0.497 e. The third-order valence-electron chi connectivity index (χ3n) is 2.80. The molecule has 0 amide bonds. The van der Waals surface area contributed by atoms with Crippen molar-refractivity contribution in [3.05, 3.63) is 29.8 Å². The van der Waals surface area contributed by atoms with Gasteiger partial charge in [-0.2, -0.15) is 0 Å². The molecule has 1 rings (SSSR count). The first kappa shape index (κ1) is 18.0. The van der Waals surface area contributed by atoms with Crippen molar-refractivity contribution in [2.45, 2.75) is 19.3 Å². The molecule has 0 fully saturated rings. The summed E-state index contributed by atoms with van der Waals surface area (Å²) in [6.45, 7) is 0.948.